The van der Waals surface area contributed by atoms with Crippen LogP contribution in [0.3, 0.4) is 0 Å². The molecule has 1 aromatic carbocycles. The molecule has 2 aliphatic carbocycles. The summed E-state index contributed by atoms with van der Waals surface area (Å²) >= 11 is 1.28. The van der Waals surface area contributed by atoms with E-state index in [1.54, 1.807) is 0 Å². The van der Waals surface area contributed by atoms with E-state index in [0.29, 0.717) is 4.21 Å². The molecule has 9 heteroatoms. The van der Waals surface area contributed by atoms with Gasteiger partial charge in [-0.3, -0.25) is 0 Å². The number of carbonyl (C=O) groups is 1. The highest BCUT2D eigenvalue weighted by molar-refractivity contribution is 7.85. The van der Waals surface area contributed by atoms with Crippen LogP contribution in [0, 0.1) is 0 Å². The molecule has 6 N–H and O–H groups in total. The van der Waals surface area contributed by atoms with Gasteiger partial charge in [-0.05, 0) is 54.4 Å². The molecule has 0 saturated heterocycles. The van der Waals surface area contributed by atoms with Gasteiger partial charge in [-0.25, -0.2) is 19.1 Å². The molecule has 1 aromatic heterocycles. The van der Waals surface area contributed by atoms with Gasteiger partial charge in [0.15, 0.2) is 0 Å². The van der Waals surface area contributed by atoms with E-state index in [4.69, 9.17) is 16.0 Å². The first-order valence-corrected chi connectivity index (χ1v) is 10.9. The van der Waals surface area contributed by atoms with Gasteiger partial charge >= 0.3 is 6.03 Å². The summed E-state index contributed by atoms with van der Waals surface area (Å²) in [5, 5.41) is 17.5. The lowest BCUT2D eigenvalue weighted by atomic mass is 9.83. The zero-order chi connectivity index (χ0) is 19.6. The highest BCUT2D eigenvalue weighted by atomic mass is 32.2. The van der Waals surface area contributed by atoms with Gasteiger partial charge in [-0.2, -0.15) is 0 Å². The fourth-order valence-corrected chi connectivity index (χ4v) is 4.82. The summed E-state index contributed by atoms with van der Waals surface area (Å²) < 4.78 is 11.3. The van der Waals surface area contributed by atoms with Crippen LogP contribution < -0.4 is 16.2 Å². The second-order valence-electron chi connectivity index (χ2n) is 6.77. The third-order valence-corrected chi connectivity index (χ3v) is 7.16. The van der Waals surface area contributed by atoms with Crippen LogP contribution in [0.2, 0.25) is 0 Å². The number of anilines is 1. The number of rotatable bonds is 4. The number of aromatic nitrogens is 1. The van der Waals surface area contributed by atoms with E-state index in [0.717, 1.165) is 36.4 Å². The van der Waals surface area contributed by atoms with Gasteiger partial charge in [-0.15, -0.1) is 11.3 Å². The number of nitrogens with zero attached hydrogens (tertiary/aromatic N) is 1. The van der Waals surface area contributed by atoms with Crippen LogP contribution >= 0.6 is 11.3 Å². The van der Waals surface area contributed by atoms with E-state index in [1.807, 2.05) is 6.92 Å². The summed E-state index contributed by atoms with van der Waals surface area (Å²) in [4.78, 5) is 15.0. The number of primary amides is 1. The number of hydrogen-bond donors (Lipinski definition) is 4. The summed E-state index contributed by atoms with van der Waals surface area (Å²) in [5.41, 5.74) is 11.7. The van der Waals surface area contributed by atoms with E-state index < -0.39 is 17.0 Å². The summed E-state index contributed by atoms with van der Waals surface area (Å²) in [7, 11) is -1.45. The molecule has 0 aliphatic heterocycles. The van der Waals surface area contributed by atoms with E-state index in [9.17, 15) is 9.00 Å². The zero-order valence-electron chi connectivity index (χ0n) is 15.2. The van der Waals surface area contributed by atoms with Gasteiger partial charge in [0.1, 0.15) is 15.2 Å². The number of hydrogen-bond acceptors (Lipinski definition) is 5. The van der Waals surface area contributed by atoms with Crippen molar-refractivity contribution in [3.05, 3.63) is 39.5 Å². The Hall–Kier alpha value is -1.81. The van der Waals surface area contributed by atoms with Gasteiger partial charge in [0, 0.05) is 11.6 Å². The SMILES string of the molecule is CC(CO)c1ncc(S(N)=O)s1.NC(=O)Nc1c2c(cc3c1CC3)CCC2. The molecule has 0 fully saturated rings. The van der Waals surface area contributed by atoms with Crippen molar-refractivity contribution in [1.29, 1.82) is 0 Å². The third-order valence-electron chi connectivity index (χ3n) is 4.89. The molecule has 0 bridgehead atoms. The molecular weight excluding hydrogens is 384 g/mol. The Bertz CT molecular complexity index is 882. The van der Waals surface area contributed by atoms with Crippen molar-refractivity contribution in [1.82, 2.24) is 4.98 Å². The maximum atomic E-state index is 11.0. The summed E-state index contributed by atoms with van der Waals surface area (Å²) in [6.45, 7) is 1.90. The Morgan fingerprint density at radius 2 is 2.04 bits per heavy atom. The minimum absolute atomic E-state index is 0.00713. The quantitative estimate of drug-likeness (QED) is 0.616. The smallest absolute Gasteiger partial charge is 0.316 e. The molecule has 4 rings (SSSR count). The molecule has 7 nitrogen and oxygen atoms in total. The molecule has 2 aliphatic rings. The summed E-state index contributed by atoms with van der Waals surface area (Å²) in [6, 6.07) is 1.87. The Kier molecular flexibility index (Phi) is 6.25. The molecule has 0 spiro atoms. The van der Waals surface area contributed by atoms with Crippen LogP contribution in [0.1, 0.15) is 46.5 Å². The van der Waals surface area contributed by atoms with Gasteiger partial charge in [0.2, 0.25) is 0 Å². The maximum Gasteiger partial charge on any atom is 0.316 e. The highest BCUT2D eigenvalue weighted by Crippen LogP contribution is 2.39. The van der Waals surface area contributed by atoms with Crippen LogP contribution in [0.25, 0.3) is 0 Å². The normalized spacial score (nSPS) is 16.3. The van der Waals surface area contributed by atoms with Crippen molar-refractivity contribution in [3.63, 3.8) is 0 Å². The Morgan fingerprint density at radius 1 is 1.33 bits per heavy atom. The predicted octanol–water partition coefficient (Wildman–Crippen LogP) is 1.98. The van der Waals surface area contributed by atoms with Gasteiger partial charge < -0.3 is 16.2 Å². The number of amides is 2. The fourth-order valence-electron chi connectivity index (χ4n) is 3.39. The third kappa shape index (κ3) is 4.37. The fraction of sp³-hybridized carbons (Fsp3) is 0.444. The standard InChI is InChI=1S/C12H14N2O.C6H10N2O2S2/c13-12(15)14-11-9-3-1-2-7(9)6-8-4-5-10(8)11;1-4(3-9)6-8-2-5(11-6)12(7)10/h6H,1-5H2,(H3,13,14,15);2,4,9H,3,7H2,1H3. The number of nitrogens with one attached hydrogen (secondary N) is 1. The molecule has 2 amide bonds. The second kappa shape index (κ2) is 8.47. The predicted molar refractivity (Wildman–Crippen MR) is 107 cm³/mol. The lowest BCUT2D eigenvalue weighted by molar-refractivity contribution is 0.259. The molecule has 146 valence electrons. The molecule has 0 radical (unpaired) electrons. The first kappa shape index (κ1) is 19.9. The number of carbonyl (C=O) groups excluding carboxylic acids is 1. The lowest BCUT2D eigenvalue weighted by Gasteiger charge is -2.25. The minimum Gasteiger partial charge on any atom is -0.396 e. The lowest BCUT2D eigenvalue weighted by Crippen LogP contribution is -2.24. The number of thiazole rings is 1. The number of urea groups is 1. The van der Waals surface area contributed by atoms with Crippen LogP contribution in [0.5, 0.6) is 0 Å². The van der Waals surface area contributed by atoms with Crippen LogP contribution in [-0.4, -0.2) is 26.9 Å². The van der Waals surface area contributed by atoms with Crippen molar-refractivity contribution in [2.75, 3.05) is 11.9 Å². The number of aliphatic hydroxyl groups excluding tert-OH is 1. The molecular formula is C18H24N4O3S2. The number of nitrogens with two attached hydrogens (primary N) is 2. The summed E-state index contributed by atoms with van der Waals surface area (Å²) in [6.07, 6.45) is 7.15. The topological polar surface area (TPSA) is 131 Å². The Labute approximate surface area is 164 Å². The average Bonchev–Trinajstić information content (AvgIpc) is 3.26. The van der Waals surface area contributed by atoms with Crippen molar-refractivity contribution >= 4 is 34.0 Å². The summed E-state index contributed by atoms with van der Waals surface area (Å²) in [5.74, 6) is -0.00713. The Balaban J connectivity index is 0.000000161. The molecule has 2 unspecified atom stereocenters. The number of benzene rings is 1. The van der Waals surface area contributed by atoms with Crippen LogP contribution in [0.15, 0.2) is 16.5 Å². The number of aliphatic hydroxyl groups is 1. The molecule has 27 heavy (non-hydrogen) atoms. The maximum absolute atomic E-state index is 11.0. The minimum atomic E-state index is -1.45. The average molecular weight is 409 g/mol. The highest BCUT2D eigenvalue weighted by Gasteiger charge is 2.25. The van der Waals surface area contributed by atoms with Gasteiger partial charge in [0.05, 0.1) is 17.8 Å². The first-order chi connectivity index (χ1) is 12.9. The molecule has 0 saturated carbocycles. The van der Waals surface area contributed by atoms with Crippen molar-refractivity contribution < 1.29 is 14.1 Å². The van der Waals surface area contributed by atoms with Crippen molar-refractivity contribution in [3.8, 4) is 0 Å². The number of fused-ring (bicyclic) bond motifs is 2. The van der Waals surface area contributed by atoms with E-state index >= 15 is 0 Å². The second-order valence-corrected chi connectivity index (χ2v) is 9.12. The van der Waals surface area contributed by atoms with Crippen molar-refractivity contribution in [2.45, 2.75) is 49.2 Å². The van der Waals surface area contributed by atoms with Gasteiger partial charge in [0.25, 0.3) is 0 Å². The molecule has 2 atom stereocenters. The monoisotopic (exact) mass is 408 g/mol. The molecule has 2 aromatic rings. The first-order valence-electron chi connectivity index (χ1n) is 8.86. The van der Waals surface area contributed by atoms with Gasteiger partial charge in [-0.1, -0.05) is 13.0 Å². The van der Waals surface area contributed by atoms with E-state index in [1.165, 1.54) is 46.2 Å². The zero-order valence-corrected chi connectivity index (χ0v) is 16.8. The van der Waals surface area contributed by atoms with Crippen LogP contribution in [0.4, 0.5) is 10.5 Å². The number of aryl methyl sites for hydroxylation is 2. The molecule has 1 heterocycles. The van der Waals surface area contributed by atoms with Crippen LogP contribution in [-0.2, 0) is 36.7 Å². The largest absolute Gasteiger partial charge is 0.396 e. The Morgan fingerprint density at radius 3 is 2.59 bits per heavy atom. The van der Waals surface area contributed by atoms with Crippen molar-refractivity contribution in [2.24, 2.45) is 10.9 Å². The van der Waals surface area contributed by atoms with E-state index in [-0.39, 0.29) is 12.5 Å². The van der Waals surface area contributed by atoms with E-state index in [2.05, 4.69) is 16.4 Å².